The summed E-state index contributed by atoms with van der Waals surface area (Å²) in [7, 11) is 0. The minimum Gasteiger partial charge on any atom is -0.416 e. The molecule has 1 unspecified atom stereocenters. The van der Waals surface area contributed by atoms with Crippen molar-refractivity contribution in [2.45, 2.75) is 27.2 Å². The van der Waals surface area contributed by atoms with Gasteiger partial charge in [0.05, 0.1) is 17.7 Å². The van der Waals surface area contributed by atoms with Crippen molar-refractivity contribution in [2.75, 3.05) is 12.4 Å². The average Bonchev–Trinajstić information content (AvgIpc) is 2.54. The lowest BCUT2D eigenvalue weighted by Crippen LogP contribution is -2.12. The molecule has 0 radical (unpaired) electrons. The Morgan fingerprint density at radius 3 is 2.76 bits per heavy atom. The molecule has 138 valence electrons. The molecule has 1 aromatic carbocycles. The molecule has 11 heteroatoms. The first-order chi connectivity index (χ1) is 11.8. The summed E-state index contributed by atoms with van der Waals surface area (Å²) in [4.78, 5) is 21.3. The van der Waals surface area contributed by atoms with Gasteiger partial charge in [-0.3, -0.25) is 19.4 Å². The van der Waals surface area contributed by atoms with Gasteiger partial charge in [0.2, 0.25) is 5.91 Å². The van der Waals surface area contributed by atoms with Crippen molar-refractivity contribution in [2.24, 2.45) is 5.10 Å². The van der Waals surface area contributed by atoms with E-state index in [0.29, 0.717) is 5.75 Å². The normalized spacial score (nSPS) is 13.4. The van der Waals surface area contributed by atoms with Gasteiger partial charge in [-0.25, -0.2) is 9.99 Å². The number of rotatable bonds is 10. The van der Waals surface area contributed by atoms with Gasteiger partial charge in [-0.05, 0) is 30.8 Å². The average molecular weight is 389 g/mol. The number of non-ortho nitro benzene ring substituents is 1. The summed E-state index contributed by atoms with van der Waals surface area (Å²) >= 11 is 1.05. The van der Waals surface area contributed by atoms with Crippen molar-refractivity contribution >= 4 is 36.0 Å². The Hall–Kier alpha value is -1.90. The van der Waals surface area contributed by atoms with E-state index in [4.69, 9.17) is 9.05 Å². The fraction of sp³-hybridized carbons (Fsp3) is 0.429. The standard InChI is InChI=1S/C14H20N3O6PS/c1-4-8-25-24(21,22-5-2)23-14-7-6-13(17(19)20)9-12(14)10-15-16-11(3)18/h6-7,9-10H,4-5,8H2,1-3H3,(H,16,18). The minimum absolute atomic E-state index is 0.111. The predicted molar refractivity (Wildman–Crippen MR) is 97.1 cm³/mol. The molecular weight excluding hydrogens is 369 g/mol. The van der Waals surface area contributed by atoms with Crippen molar-refractivity contribution in [3.63, 3.8) is 0 Å². The van der Waals surface area contributed by atoms with Gasteiger partial charge in [-0.1, -0.05) is 6.92 Å². The van der Waals surface area contributed by atoms with E-state index in [2.05, 4.69) is 10.5 Å². The monoisotopic (exact) mass is 389 g/mol. The zero-order valence-electron chi connectivity index (χ0n) is 14.1. The molecule has 1 amide bonds. The van der Waals surface area contributed by atoms with Crippen LogP contribution < -0.4 is 9.95 Å². The highest BCUT2D eigenvalue weighted by Crippen LogP contribution is 2.60. The molecule has 0 aliphatic carbocycles. The second-order valence-electron chi connectivity index (χ2n) is 4.69. The lowest BCUT2D eigenvalue weighted by atomic mass is 10.2. The number of nitro groups is 1. The quantitative estimate of drug-likeness (QED) is 0.280. The molecule has 1 aromatic rings. The highest BCUT2D eigenvalue weighted by Gasteiger charge is 2.28. The van der Waals surface area contributed by atoms with Crippen molar-refractivity contribution in [3.05, 3.63) is 33.9 Å². The first-order valence-electron chi connectivity index (χ1n) is 7.48. The number of benzene rings is 1. The summed E-state index contributed by atoms with van der Waals surface area (Å²) in [5.74, 6) is 0.280. The number of nitrogens with zero attached hydrogens (tertiary/aromatic N) is 2. The van der Waals surface area contributed by atoms with Gasteiger partial charge < -0.3 is 4.52 Å². The molecule has 0 aliphatic rings. The molecule has 0 saturated heterocycles. The largest absolute Gasteiger partial charge is 0.440 e. The minimum atomic E-state index is -3.48. The molecule has 1 N–H and O–H groups in total. The summed E-state index contributed by atoms with van der Waals surface area (Å²) in [5, 5.41) is 14.6. The fourth-order valence-corrected chi connectivity index (χ4v) is 5.06. The van der Waals surface area contributed by atoms with Crippen LogP contribution in [-0.2, 0) is 13.9 Å². The smallest absolute Gasteiger partial charge is 0.416 e. The van der Waals surface area contributed by atoms with Crippen LogP contribution in [0.15, 0.2) is 23.3 Å². The summed E-state index contributed by atoms with van der Waals surface area (Å²) in [5.41, 5.74) is 2.20. The van der Waals surface area contributed by atoms with Crippen LogP contribution in [0, 0.1) is 10.1 Å². The second kappa shape index (κ2) is 10.2. The molecule has 1 atom stereocenters. The molecule has 1 rings (SSSR count). The number of hydrogen-bond acceptors (Lipinski definition) is 8. The van der Waals surface area contributed by atoms with Crippen molar-refractivity contribution < 1.29 is 23.3 Å². The third kappa shape index (κ3) is 7.25. The Labute approximate surface area is 149 Å². The van der Waals surface area contributed by atoms with Crippen LogP contribution in [-0.4, -0.2) is 29.4 Å². The third-order valence-electron chi connectivity index (χ3n) is 2.58. The van der Waals surface area contributed by atoms with Crippen LogP contribution in [0.4, 0.5) is 5.69 Å². The Balaban J connectivity index is 3.17. The Morgan fingerprint density at radius 2 is 2.20 bits per heavy atom. The molecule has 9 nitrogen and oxygen atoms in total. The highest BCUT2D eigenvalue weighted by molar-refractivity contribution is 8.55. The Morgan fingerprint density at radius 1 is 1.48 bits per heavy atom. The van der Waals surface area contributed by atoms with E-state index in [1.807, 2.05) is 6.92 Å². The molecule has 0 aliphatic heterocycles. The van der Waals surface area contributed by atoms with Gasteiger partial charge >= 0.3 is 6.80 Å². The van der Waals surface area contributed by atoms with E-state index < -0.39 is 17.6 Å². The van der Waals surface area contributed by atoms with Crippen molar-refractivity contribution in [1.82, 2.24) is 5.43 Å². The van der Waals surface area contributed by atoms with E-state index >= 15 is 0 Å². The highest BCUT2D eigenvalue weighted by atomic mass is 32.7. The number of carbonyl (C=O) groups excluding carboxylic acids is 1. The summed E-state index contributed by atoms with van der Waals surface area (Å²) in [6, 6.07) is 3.76. The first-order valence-corrected chi connectivity index (χ1v) is 10.6. The number of nitro benzene ring substituents is 1. The maximum Gasteiger partial charge on any atom is 0.440 e. The molecule has 0 heterocycles. The van der Waals surface area contributed by atoms with E-state index in [1.165, 1.54) is 31.3 Å². The van der Waals surface area contributed by atoms with E-state index in [9.17, 15) is 19.5 Å². The Bertz CT molecular complexity index is 697. The summed E-state index contributed by atoms with van der Waals surface area (Å²) < 4.78 is 23.6. The van der Waals surface area contributed by atoms with Gasteiger partial charge in [0.15, 0.2) is 0 Å². The lowest BCUT2D eigenvalue weighted by molar-refractivity contribution is -0.384. The molecule has 0 bridgehead atoms. The van der Waals surface area contributed by atoms with E-state index in [1.54, 1.807) is 6.92 Å². The maximum atomic E-state index is 12.8. The number of nitrogens with one attached hydrogen (secondary N) is 1. The van der Waals surface area contributed by atoms with Gasteiger partial charge in [0.25, 0.3) is 5.69 Å². The van der Waals surface area contributed by atoms with E-state index in [0.717, 1.165) is 17.8 Å². The van der Waals surface area contributed by atoms with Gasteiger partial charge in [0.1, 0.15) is 5.75 Å². The molecule has 0 saturated carbocycles. The van der Waals surface area contributed by atoms with Crippen molar-refractivity contribution in [1.29, 1.82) is 0 Å². The SMILES string of the molecule is CCCSP(=O)(OCC)Oc1ccc([N+](=O)[O-])cc1C=NNC(C)=O. The molecule has 0 fully saturated rings. The molecule has 25 heavy (non-hydrogen) atoms. The summed E-state index contributed by atoms with van der Waals surface area (Å²) in [6.07, 6.45) is 1.96. The maximum absolute atomic E-state index is 12.8. The zero-order chi connectivity index (χ0) is 18.9. The predicted octanol–water partition coefficient (Wildman–Crippen LogP) is 3.73. The van der Waals surface area contributed by atoms with Crippen LogP contribution in [0.3, 0.4) is 0 Å². The zero-order valence-corrected chi connectivity index (χ0v) is 15.8. The first kappa shape index (κ1) is 21.1. The second-order valence-corrected chi connectivity index (χ2v) is 8.81. The van der Waals surface area contributed by atoms with Crippen LogP contribution in [0.2, 0.25) is 0 Å². The van der Waals surface area contributed by atoms with Crippen molar-refractivity contribution in [3.8, 4) is 5.75 Å². The molecular formula is C14H20N3O6PS. The van der Waals surface area contributed by atoms with Crippen LogP contribution in [0.5, 0.6) is 5.75 Å². The molecule has 0 spiro atoms. The van der Waals surface area contributed by atoms with Gasteiger partial charge in [0, 0.05) is 30.4 Å². The van der Waals surface area contributed by atoms with Gasteiger partial charge in [-0.15, -0.1) is 0 Å². The van der Waals surface area contributed by atoms with Crippen LogP contribution in [0.25, 0.3) is 0 Å². The van der Waals surface area contributed by atoms with Crippen LogP contribution in [0.1, 0.15) is 32.8 Å². The Kier molecular flexibility index (Phi) is 8.60. The van der Waals surface area contributed by atoms with E-state index in [-0.39, 0.29) is 23.6 Å². The van der Waals surface area contributed by atoms with Gasteiger partial charge in [-0.2, -0.15) is 5.10 Å². The number of hydrogen-bond donors (Lipinski definition) is 1. The van der Waals surface area contributed by atoms with Crippen LogP contribution >= 0.6 is 18.2 Å². The lowest BCUT2D eigenvalue weighted by Gasteiger charge is -2.18. The summed E-state index contributed by atoms with van der Waals surface area (Å²) in [6.45, 7) is 1.61. The topological polar surface area (TPSA) is 120 Å². The number of carbonyl (C=O) groups is 1. The third-order valence-corrected chi connectivity index (χ3v) is 6.52. The fourth-order valence-electron chi connectivity index (χ4n) is 1.60. The number of hydrazone groups is 1. The number of amides is 1. The molecule has 0 aromatic heterocycles.